The van der Waals surface area contributed by atoms with E-state index in [1.54, 1.807) is 19.1 Å². The number of likely N-dealkylation sites (tertiary alicyclic amines) is 1. The van der Waals surface area contributed by atoms with Gasteiger partial charge in [-0.05, 0) is 49.8 Å². The van der Waals surface area contributed by atoms with E-state index < -0.39 is 6.04 Å². The van der Waals surface area contributed by atoms with E-state index in [1.807, 2.05) is 11.0 Å². The number of rotatable bonds is 5. The van der Waals surface area contributed by atoms with Gasteiger partial charge >= 0.3 is 0 Å². The van der Waals surface area contributed by atoms with Crippen molar-refractivity contribution >= 4 is 11.8 Å². The second-order valence-electron chi connectivity index (χ2n) is 6.63. The smallest absolute Gasteiger partial charge is 0.287 e. The Morgan fingerprint density at radius 3 is 2.52 bits per heavy atom. The van der Waals surface area contributed by atoms with Gasteiger partial charge in [-0.3, -0.25) is 9.59 Å². The lowest BCUT2D eigenvalue weighted by Crippen LogP contribution is -2.49. The SMILES string of the molecule is C[C@@H](NC(=O)c1ccco1)C(=O)N1CCC(Cc2ccccc2)CC1. The molecule has 0 aliphatic carbocycles. The van der Waals surface area contributed by atoms with Crippen LogP contribution in [0.4, 0.5) is 0 Å². The molecule has 0 saturated carbocycles. The number of nitrogens with one attached hydrogen (secondary N) is 1. The summed E-state index contributed by atoms with van der Waals surface area (Å²) >= 11 is 0. The molecule has 1 atom stereocenters. The summed E-state index contributed by atoms with van der Waals surface area (Å²) in [5.41, 5.74) is 1.35. The molecular formula is C20H24N2O3. The van der Waals surface area contributed by atoms with Crippen LogP contribution in [0.5, 0.6) is 0 Å². The van der Waals surface area contributed by atoms with E-state index >= 15 is 0 Å². The molecule has 1 fully saturated rings. The molecule has 0 unspecified atom stereocenters. The van der Waals surface area contributed by atoms with Gasteiger partial charge < -0.3 is 14.6 Å². The highest BCUT2D eigenvalue weighted by molar-refractivity contribution is 5.95. The minimum atomic E-state index is -0.553. The minimum absolute atomic E-state index is 0.0296. The second-order valence-corrected chi connectivity index (χ2v) is 6.63. The van der Waals surface area contributed by atoms with Crippen LogP contribution in [-0.4, -0.2) is 35.8 Å². The fourth-order valence-corrected chi connectivity index (χ4v) is 3.32. The number of benzene rings is 1. The van der Waals surface area contributed by atoms with Crippen LogP contribution in [0.2, 0.25) is 0 Å². The number of nitrogens with zero attached hydrogens (tertiary/aromatic N) is 1. The van der Waals surface area contributed by atoms with Gasteiger partial charge in [-0.2, -0.15) is 0 Å². The summed E-state index contributed by atoms with van der Waals surface area (Å²) in [7, 11) is 0. The summed E-state index contributed by atoms with van der Waals surface area (Å²) in [5, 5.41) is 2.71. The number of hydrogen-bond donors (Lipinski definition) is 1. The first-order chi connectivity index (χ1) is 12.1. The van der Waals surface area contributed by atoms with E-state index in [0.29, 0.717) is 5.92 Å². The molecule has 1 aromatic heterocycles. The van der Waals surface area contributed by atoms with E-state index in [9.17, 15) is 9.59 Å². The van der Waals surface area contributed by atoms with Gasteiger partial charge in [-0.1, -0.05) is 30.3 Å². The van der Waals surface area contributed by atoms with Crippen LogP contribution in [0.15, 0.2) is 53.1 Å². The van der Waals surface area contributed by atoms with Crippen LogP contribution in [0.25, 0.3) is 0 Å². The fraction of sp³-hybridized carbons (Fsp3) is 0.400. The third kappa shape index (κ3) is 4.50. The van der Waals surface area contributed by atoms with Gasteiger partial charge in [0.2, 0.25) is 5.91 Å². The third-order valence-electron chi connectivity index (χ3n) is 4.76. The monoisotopic (exact) mass is 340 g/mol. The zero-order chi connectivity index (χ0) is 17.6. The van der Waals surface area contributed by atoms with Crippen molar-refractivity contribution in [1.82, 2.24) is 10.2 Å². The highest BCUT2D eigenvalue weighted by atomic mass is 16.3. The molecule has 1 aromatic carbocycles. The first-order valence-corrected chi connectivity index (χ1v) is 8.80. The second kappa shape index (κ2) is 8.01. The zero-order valence-corrected chi connectivity index (χ0v) is 14.5. The maximum absolute atomic E-state index is 12.5. The van der Waals surface area contributed by atoms with Crippen molar-refractivity contribution in [2.75, 3.05) is 13.1 Å². The lowest BCUT2D eigenvalue weighted by Gasteiger charge is -2.33. The van der Waals surface area contributed by atoms with E-state index in [0.717, 1.165) is 32.4 Å². The Morgan fingerprint density at radius 2 is 1.88 bits per heavy atom. The molecule has 3 rings (SSSR count). The zero-order valence-electron chi connectivity index (χ0n) is 14.5. The van der Waals surface area contributed by atoms with Crippen LogP contribution in [0.3, 0.4) is 0 Å². The van der Waals surface area contributed by atoms with Crippen molar-refractivity contribution in [2.24, 2.45) is 5.92 Å². The summed E-state index contributed by atoms with van der Waals surface area (Å²) in [6, 6.07) is 13.2. The Labute approximate surface area is 148 Å². The Morgan fingerprint density at radius 1 is 1.16 bits per heavy atom. The largest absolute Gasteiger partial charge is 0.459 e. The van der Waals surface area contributed by atoms with Gasteiger partial charge in [-0.25, -0.2) is 0 Å². The molecule has 2 heterocycles. The number of furan rings is 1. The highest BCUT2D eigenvalue weighted by Crippen LogP contribution is 2.22. The van der Waals surface area contributed by atoms with Gasteiger partial charge in [0.05, 0.1) is 6.26 Å². The predicted molar refractivity (Wildman–Crippen MR) is 95.1 cm³/mol. The topological polar surface area (TPSA) is 62.6 Å². The summed E-state index contributed by atoms with van der Waals surface area (Å²) in [4.78, 5) is 26.4. The van der Waals surface area contributed by atoms with E-state index in [4.69, 9.17) is 4.42 Å². The minimum Gasteiger partial charge on any atom is -0.459 e. The summed E-state index contributed by atoms with van der Waals surface area (Å²) in [6.07, 6.45) is 4.51. The standard InChI is InChI=1S/C20H24N2O3/c1-15(21-19(23)18-8-5-13-25-18)20(24)22-11-9-17(10-12-22)14-16-6-3-2-4-7-16/h2-8,13,15,17H,9-12,14H2,1H3,(H,21,23)/t15-/m1/s1. The lowest BCUT2D eigenvalue weighted by atomic mass is 9.90. The first kappa shape index (κ1) is 17.3. The van der Waals surface area contributed by atoms with Gasteiger partial charge in [0.1, 0.15) is 6.04 Å². The van der Waals surface area contributed by atoms with Crippen molar-refractivity contribution in [3.8, 4) is 0 Å². The Bertz CT molecular complexity index is 689. The van der Waals surface area contributed by atoms with Crippen LogP contribution in [0, 0.1) is 5.92 Å². The molecule has 25 heavy (non-hydrogen) atoms. The number of piperidine rings is 1. The van der Waals surface area contributed by atoms with Crippen molar-refractivity contribution in [3.63, 3.8) is 0 Å². The molecule has 5 heteroatoms. The van der Waals surface area contributed by atoms with Crippen molar-refractivity contribution < 1.29 is 14.0 Å². The third-order valence-corrected chi connectivity index (χ3v) is 4.76. The van der Waals surface area contributed by atoms with E-state index in [1.165, 1.54) is 11.8 Å². The first-order valence-electron chi connectivity index (χ1n) is 8.80. The van der Waals surface area contributed by atoms with Crippen LogP contribution < -0.4 is 5.32 Å². The molecule has 0 spiro atoms. The van der Waals surface area contributed by atoms with Gasteiger partial charge in [-0.15, -0.1) is 0 Å². The number of amides is 2. The van der Waals surface area contributed by atoms with Crippen molar-refractivity contribution in [2.45, 2.75) is 32.2 Å². The van der Waals surface area contributed by atoms with Crippen molar-refractivity contribution in [1.29, 1.82) is 0 Å². The molecule has 1 aliphatic heterocycles. The maximum atomic E-state index is 12.5. The molecule has 0 bridgehead atoms. The number of hydrogen-bond acceptors (Lipinski definition) is 3. The Kier molecular flexibility index (Phi) is 5.53. The normalized spacial score (nSPS) is 16.4. The molecule has 1 aliphatic rings. The van der Waals surface area contributed by atoms with E-state index in [2.05, 4.69) is 29.6 Å². The molecule has 0 radical (unpaired) electrons. The van der Waals surface area contributed by atoms with Crippen LogP contribution in [-0.2, 0) is 11.2 Å². The molecule has 1 N–H and O–H groups in total. The van der Waals surface area contributed by atoms with Gasteiger partial charge in [0.15, 0.2) is 5.76 Å². The predicted octanol–water partition coefficient (Wildman–Crippen LogP) is 2.88. The lowest BCUT2D eigenvalue weighted by molar-refractivity contribution is -0.134. The fourth-order valence-electron chi connectivity index (χ4n) is 3.32. The Hall–Kier alpha value is -2.56. The quantitative estimate of drug-likeness (QED) is 0.910. The van der Waals surface area contributed by atoms with Gasteiger partial charge in [0, 0.05) is 13.1 Å². The molecule has 2 aromatic rings. The van der Waals surface area contributed by atoms with Crippen LogP contribution in [0.1, 0.15) is 35.9 Å². The van der Waals surface area contributed by atoms with Crippen molar-refractivity contribution in [3.05, 3.63) is 60.1 Å². The summed E-state index contributed by atoms with van der Waals surface area (Å²) in [5.74, 6) is 0.448. The summed E-state index contributed by atoms with van der Waals surface area (Å²) < 4.78 is 5.06. The average Bonchev–Trinajstić information content (AvgIpc) is 3.17. The number of carbonyl (C=O) groups is 2. The van der Waals surface area contributed by atoms with E-state index in [-0.39, 0.29) is 17.6 Å². The molecule has 1 saturated heterocycles. The Balaban J connectivity index is 1.47. The summed E-state index contributed by atoms with van der Waals surface area (Å²) in [6.45, 7) is 3.22. The molecule has 2 amide bonds. The molecule has 5 nitrogen and oxygen atoms in total. The maximum Gasteiger partial charge on any atom is 0.287 e. The number of carbonyl (C=O) groups excluding carboxylic acids is 2. The molecular weight excluding hydrogens is 316 g/mol. The molecule has 132 valence electrons. The van der Waals surface area contributed by atoms with Crippen LogP contribution >= 0.6 is 0 Å². The van der Waals surface area contributed by atoms with Gasteiger partial charge in [0.25, 0.3) is 5.91 Å². The average molecular weight is 340 g/mol. The highest BCUT2D eigenvalue weighted by Gasteiger charge is 2.27.